The van der Waals surface area contributed by atoms with E-state index in [1.165, 1.54) is 0 Å². The smallest absolute Gasteiger partial charge is 0.326 e. The van der Waals surface area contributed by atoms with E-state index in [9.17, 15) is 14.4 Å². The van der Waals surface area contributed by atoms with Gasteiger partial charge in [-0.15, -0.1) is 0 Å². The van der Waals surface area contributed by atoms with Gasteiger partial charge < -0.3 is 21.5 Å². The summed E-state index contributed by atoms with van der Waals surface area (Å²) in [6, 6.07) is -1.58. The SMILES string of the molecule is CC[C@H](C)[C@H](NC(=O)NCC(C)(C)C(N)=O)C(=O)O. The molecule has 0 unspecified atom stereocenters. The molecular formula is C12H23N3O4. The fraction of sp³-hybridized carbons (Fsp3) is 0.750. The molecule has 0 heterocycles. The zero-order valence-corrected chi connectivity index (χ0v) is 11.8. The number of amides is 3. The molecule has 0 aliphatic heterocycles. The van der Waals surface area contributed by atoms with Crippen molar-refractivity contribution in [3.05, 3.63) is 0 Å². The van der Waals surface area contributed by atoms with E-state index in [4.69, 9.17) is 10.8 Å². The Kier molecular flexibility index (Phi) is 6.31. The van der Waals surface area contributed by atoms with Crippen LogP contribution in [0, 0.1) is 11.3 Å². The summed E-state index contributed by atoms with van der Waals surface area (Å²) in [5.41, 5.74) is 4.29. The van der Waals surface area contributed by atoms with Crippen molar-refractivity contribution in [3.8, 4) is 0 Å². The highest BCUT2D eigenvalue weighted by atomic mass is 16.4. The molecule has 7 nitrogen and oxygen atoms in total. The first-order chi connectivity index (χ1) is 8.61. The number of carboxylic acids is 1. The number of rotatable bonds is 7. The summed E-state index contributed by atoms with van der Waals surface area (Å²) in [5.74, 6) is -1.81. The Balaban J connectivity index is 4.44. The maximum Gasteiger partial charge on any atom is 0.326 e. The molecular weight excluding hydrogens is 250 g/mol. The molecule has 0 saturated heterocycles. The third-order valence-corrected chi connectivity index (χ3v) is 3.12. The summed E-state index contributed by atoms with van der Waals surface area (Å²) in [6.07, 6.45) is 0.629. The van der Waals surface area contributed by atoms with Gasteiger partial charge in [-0.1, -0.05) is 20.3 Å². The number of hydrogen-bond donors (Lipinski definition) is 4. The summed E-state index contributed by atoms with van der Waals surface area (Å²) < 4.78 is 0. The fourth-order valence-corrected chi connectivity index (χ4v) is 1.26. The van der Waals surface area contributed by atoms with Gasteiger partial charge in [0.2, 0.25) is 5.91 Å². The maximum absolute atomic E-state index is 11.6. The number of hydrogen-bond acceptors (Lipinski definition) is 3. The molecule has 0 bridgehead atoms. The number of carbonyl (C=O) groups is 3. The highest BCUT2D eigenvalue weighted by Crippen LogP contribution is 2.12. The van der Waals surface area contributed by atoms with Crippen LogP contribution in [-0.4, -0.2) is 35.6 Å². The van der Waals surface area contributed by atoms with E-state index in [1.807, 2.05) is 6.92 Å². The highest BCUT2D eigenvalue weighted by molar-refractivity contribution is 5.84. The molecule has 0 aromatic heterocycles. The molecule has 0 fully saturated rings. The van der Waals surface area contributed by atoms with E-state index >= 15 is 0 Å². The van der Waals surface area contributed by atoms with E-state index in [2.05, 4.69) is 10.6 Å². The van der Waals surface area contributed by atoms with Gasteiger partial charge in [0.15, 0.2) is 0 Å². The van der Waals surface area contributed by atoms with Crippen LogP contribution in [0.2, 0.25) is 0 Å². The summed E-state index contributed by atoms with van der Waals surface area (Å²) in [7, 11) is 0. The molecule has 0 aliphatic carbocycles. The average Bonchev–Trinajstić information content (AvgIpc) is 2.32. The van der Waals surface area contributed by atoms with Crippen molar-refractivity contribution in [2.45, 2.75) is 40.2 Å². The van der Waals surface area contributed by atoms with Crippen molar-refractivity contribution in [1.82, 2.24) is 10.6 Å². The van der Waals surface area contributed by atoms with Crippen molar-refractivity contribution in [2.75, 3.05) is 6.54 Å². The van der Waals surface area contributed by atoms with Gasteiger partial charge in [0.1, 0.15) is 6.04 Å². The number of aliphatic carboxylic acids is 1. The quantitative estimate of drug-likeness (QED) is 0.532. The van der Waals surface area contributed by atoms with Gasteiger partial charge in [-0.05, 0) is 19.8 Å². The number of nitrogens with two attached hydrogens (primary N) is 1. The normalized spacial score (nSPS) is 14.3. The van der Waals surface area contributed by atoms with Crippen LogP contribution in [0.5, 0.6) is 0 Å². The molecule has 5 N–H and O–H groups in total. The fourth-order valence-electron chi connectivity index (χ4n) is 1.26. The lowest BCUT2D eigenvalue weighted by molar-refractivity contribution is -0.140. The van der Waals surface area contributed by atoms with Crippen LogP contribution in [-0.2, 0) is 9.59 Å². The van der Waals surface area contributed by atoms with Crippen LogP contribution in [0.4, 0.5) is 4.79 Å². The van der Waals surface area contributed by atoms with Gasteiger partial charge in [0.05, 0.1) is 5.41 Å². The molecule has 0 aliphatic rings. The van der Waals surface area contributed by atoms with E-state index in [-0.39, 0.29) is 12.5 Å². The van der Waals surface area contributed by atoms with E-state index in [0.717, 1.165) is 0 Å². The molecule has 0 aromatic carbocycles. The maximum atomic E-state index is 11.6. The van der Waals surface area contributed by atoms with E-state index in [0.29, 0.717) is 6.42 Å². The predicted molar refractivity (Wildman–Crippen MR) is 70.4 cm³/mol. The van der Waals surface area contributed by atoms with Crippen LogP contribution in [0.25, 0.3) is 0 Å². The minimum absolute atomic E-state index is 0.0427. The molecule has 0 saturated carbocycles. The molecule has 0 spiro atoms. The number of primary amides is 1. The third kappa shape index (κ3) is 5.58. The van der Waals surface area contributed by atoms with Crippen LogP contribution in [0.15, 0.2) is 0 Å². The zero-order valence-electron chi connectivity index (χ0n) is 11.8. The largest absolute Gasteiger partial charge is 0.480 e. The summed E-state index contributed by atoms with van der Waals surface area (Å²) >= 11 is 0. The number of urea groups is 1. The van der Waals surface area contributed by atoms with E-state index < -0.39 is 29.4 Å². The van der Waals surface area contributed by atoms with Crippen LogP contribution in [0.3, 0.4) is 0 Å². The zero-order chi connectivity index (χ0) is 15.2. The number of carbonyl (C=O) groups excluding carboxylic acids is 2. The second kappa shape index (κ2) is 6.96. The van der Waals surface area contributed by atoms with Crippen molar-refractivity contribution in [3.63, 3.8) is 0 Å². The lowest BCUT2D eigenvalue weighted by atomic mass is 9.93. The molecule has 0 rings (SSSR count). The highest BCUT2D eigenvalue weighted by Gasteiger charge is 2.28. The van der Waals surface area contributed by atoms with Crippen LogP contribution >= 0.6 is 0 Å². The second-order valence-electron chi connectivity index (χ2n) is 5.28. The Morgan fingerprint density at radius 2 is 1.84 bits per heavy atom. The minimum Gasteiger partial charge on any atom is -0.480 e. The van der Waals surface area contributed by atoms with Gasteiger partial charge in [-0.2, -0.15) is 0 Å². The predicted octanol–water partition coefficient (Wildman–Crippen LogP) is 0.296. The van der Waals surface area contributed by atoms with Gasteiger partial charge in [0.25, 0.3) is 0 Å². The Morgan fingerprint density at radius 1 is 1.32 bits per heavy atom. The standard InChI is InChI=1S/C12H23N3O4/c1-5-7(2)8(9(16)17)15-11(19)14-6-12(3,4)10(13)18/h7-8H,5-6H2,1-4H3,(H2,13,18)(H,16,17)(H2,14,15,19)/t7-,8-/m0/s1. The lowest BCUT2D eigenvalue weighted by Gasteiger charge is -2.23. The van der Waals surface area contributed by atoms with Crippen molar-refractivity contribution in [2.24, 2.45) is 17.1 Å². The number of carboxylic acid groups (broad SMARTS) is 1. The first-order valence-corrected chi connectivity index (χ1v) is 6.19. The first-order valence-electron chi connectivity index (χ1n) is 6.19. The molecule has 2 atom stereocenters. The summed E-state index contributed by atoms with van der Waals surface area (Å²) in [5, 5.41) is 13.9. The van der Waals surface area contributed by atoms with Crippen LogP contribution in [0.1, 0.15) is 34.1 Å². The molecule has 3 amide bonds. The van der Waals surface area contributed by atoms with Gasteiger partial charge in [-0.25, -0.2) is 9.59 Å². The second-order valence-corrected chi connectivity index (χ2v) is 5.28. The Bertz CT molecular complexity index is 355. The first kappa shape index (κ1) is 17.2. The van der Waals surface area contributed by atoms with Crippen molar-refractivity contribution in [1.29, 1.82) is 0 Å². The monoisotopic (exact) mass is 273 g/mol. The summed E-state index contributed by atoms with van der Waals surface area (Å²) in [6.45, 7) is 6.82. The third-order valence-electron chi connectivity index (χ3n) is 3.12. The minimum atomic E-state index is -1.08. The molecule has 19 heavy (non-hydrogen) atoms. The lowest BCUT2D eigenvalue weighted by Crippen LogP contribution is -2.51. The van der Waals surface area contributed by atoms with Gasteiger partial charge >= 0.3 is 12.0 Å². The van der Waals surface area contributed by atoms with Crippen molar-refractivity contribution < 1.29 is 19.5 Å². The molecule has 110 valence electrons. The number of nitrogens with one attached hydrogen (secondary N) is 2. The van der Waals surface area contributed by atoms with Gasteiger partial charge in [-0.3, -0.25) is 4.79 Å². The Hall–Kier alpha value is -1.79. The topological polar surface area (TPSA) is 122 Å². The molecule has 0 aromatic rings. The molecule has 0 radical (unpaired) electrons. The Morgan fingerprint density at radius 3 is 2.21 bits per heavy atom. The molecule has 7 heteroatoms. The summed E-state index contributed by atoms with van der Waals surface area (Å²) in [4.78, 5) is 33.7. The van der Waals surface area contributed by atoms with Crippen molar-refractivity contribution >= 4 is 17.9 Å². The Labute approximate surface area is 112 Å². The van der Waals surface area contributed by atoms with E-state index in [1.54, 1.807) is 20.8 Å². The average molecular weight is 273 g/mol. The van der Waals surface area contributed by atoms with Crippen LogP contribution < -0.4 is 16.4 Å². The van der Waals surface area contributed by atoms with Gasteiger partial charge in [0, 0.05) is 6.54 Å².